The van der Waals surface area contributed by atoms with E-state index >= 15 is 0 Å². The molecular weight excluding hydrogens is 353 g/mol. The van der Waals surface area contributed by atoms with Gasteiger partial charge >= 0.3 is 16.3 Å². The predicted octanol–water partition coefficient (Wildman–Crippen LogP) is 2.96. The maximum atomic E-state index is 12.8. The molecule has 0 aliphatic rings. The summed E-state index contributed by atoms with van der Waals surface area (Å²) in [5.41, 5.74) is 2.92. The summed E-state index contributed by atoms with van der Waals surface area (Å²) in [5.74, 6) is -0.308. The fourth-order valence-electron chi connectivity index (χ4n) is 1.72. The summed E-state index contributed by atoms with van der Waals surface area (Å²) in [4.78, 5) is 8.61. The molecule has 0 aliphatic heterocycles. The number of nitrogens with two attached hydrogens (primary N) is 1. The smallest absolute Gasteiger partial charge is 0.396 e. The molecule has 24 heavy (non-hydrogen) atoms. The van der Waals surface area contributed by atoms with Gasteiger partial charge in [0, 0.05) is 12.1 Å². The SMILES string of the molecule is Nc1ccccc1OS(=O)(=O)c1cc([N+](=O)[O-])cc(C(F)(F)F)c1. The van der Waals surface area contributed by atoms with Crippen molar-refractivity contribution in [1.82, 2.24) is 0 Å². The van der Waals surface area contributed by atoms with E-state index < -0.39 is 37.4 Å². The Labute approximate surface area is 133 Å². The average molecular weight is 362 g/mol. The van der Waals surface area contributed by atoms with Crippen LogP contribution in [-0.4, -0.2) is 13.3 Å². The first-order chi connectivity index (χ1) is 11.0. The molecule has 11 heteroatoms. The van der Waals surface area contributed by atoms with E-state index in [0.29, 0.717) is 6.07 Å². The number of hydrogen-bond acceptors (Lipinski definition) is 6. The molecule has 2 aromatic rings. The van der Waals surface area contributed by atoms with Gasteiger partial charge in [-0.05, 0) is 18.2 Å². The molecule has 0 aliphatic carbocycles. The quantitative estimate of drug-likeness (QED) is 0.387. The van der Waals surface area contributed by atoms with Gasteiger partial charge in [0.1, 0.15) is 4.90 Å². The van der Waals surface area contributed by atoms with E-state index in [9.17, 15) is 31.7 Å². The maximum absolute atomic E-state index is 12.8. The minimum absolute atomic E-state index is 0.0671. The molecule has 0 fully saturated rings. The van der Waals surface area contributed by atoms with Crippen molar-refractivity contribution in [1.29, 1.82) is 0 Å². The van der Waals surface area contributed by atoms with Crippen LogP contribution in [0.5, 0.6) is 5.75 Å². The van der Waals surface area contributed by atoms with Crippen LogP contribution in [0.1, 0.15) is 5.56 Å². The summed E-state index contributed by atoms with van der Waals surface area (Å²) in [6.45, 7) is 0. The Morgan fingerprint density at radius 2 is 1.75 bits per heavy atom. The van der Waals surface area contributed by atoms with Crippen molar-refractivity contribution < 1.29 is 30.7 Å². The first-order valence-corrected chi connectivity index (χ1v) is 7.57. The number of rotatable bonds is 4. The number of nitrogens with zero attached hydrogens (tertiary/aromatic N) is 1. The van der Waals surface area contributed by atoms with Crippen LogP contribution in [0.4, 0.5) is 24.5 Å². The molecule has 0 heterocycles. The first kappa shape index (κ1) is 17.5. The van der Waals surface area contributed by atoms with Gasteiger partial charge in [0.15, 0.2) is 5.75 Å². The highest BCUT2D eigenvalue weighted by atomic mass is 32.2. The number of halogens is 3. The highest BCUT2D eigenvalue weighted by Crippen LogP contribution is 2.34. The van der Waals surface area contributed by atoms with Crippen molar-refractivity contribution in [2.24, 2.45) is 0 Å². The minimum Gasteiger partial charge on any atom is -0.396 e. The van der Waals surface area contributed by atoms with Crippen LogP contribution in [0.15, 0.2) is 47.4 Å². The van der Waals surface area contributed by atoms with E-state index in [0.717, 1.165) is 0 Å². The Hall–Kier alpha value is -2.82. The normalized spacial score (nSPS) is 12.0. The Balaban J connectivity index is 2.55. The second-order valence-corrected chi connectivity index (χ2v) is 6.09. The molecule has 0 atom stereocenters. The molecular formula is C13H9F3N2O5S. The number of anilines is 1. The van der Waals surface area contributed by atoms with Crippen LogP contribution in [0.25, 0.3) is 0 Å². The third kappa shape index (κ3) is 3.74. The van der Waals surface area contributed by atoms with Gasteiger partial charge in [0.05, 0.1) is 16.2 Å². The molecule has 7 nitrogen and oxygen atoms in total. The summed E-state index contributed by atoms with van der Waals surface area (Å²) >= 11 is 0. The van der Waals surface area contributed by atoms with Crippen molar-refractivity contribution in [2.75, 3.05) is 5.73 Å². The predicted molar refractivity (Wildman–Crippen MR) is 76.8 cm³/mol. The molecule has 0 aromatic heterocycles. The Morgan fingerprint density at radius 1 is 1.12 bits per heavy atom. The van der Waals surface area contributed by atoms with Gasteiger partial charge in [-0.2, -0.15) is 21.6 Å². The third-order valence-corrected chi connectivity index (χ3v) is 4.05. The summed E-state index contributed by atoms with van der Waals surface area (Å²) in [7, 11) is -4.76. The fourth-order valence-corrected chi connectivity index (χ4v) is 2.74. The van der Waals surface area contributed by atoms with Crippen molar-refractivity contribution >= 4 is 21.5 Å². The number of nitrogen functional groups attached to an aromatic ring is 1. The summed E-state index contributed by atoms with van der Waals surface area (Å²) in [6, 6.07) is 6.36. The van der Waals surface area contributed by atoms with Crippen molar-refractivity contribution in [2.45, 2.75) is 11.1 Å². The minimum atomic E-state index is -4.97. The van der Waals surface area contributed by atoms with E-state index in [1.807, 2.05) is 0 Å². The molecule has 0 saturated carbocycles. The van der Waals surface area contributed by atoms with Gasteiger partial charge < -0.3 is 9.92 Å². The average Bonchev–Trinajstić information content (AvgIpc) is 2.48. The zero-order valence-electron chi connectivity index (χ0n) is 11.6. The van der Waals surface area contributed by atoms with Crippen LogP contribution in [0.2, 0.25) is 0 Å². The van der Waals surface area contributed by atoms with E-state index in [1.165, 1.54) is 24.3 Å². The number of para-hydroxylation sites is 2. The molecule has 0 amide bonds. The lowest BCUT2D eigenvalue weighted by atomic mass is 10.2. The fraction of sp³-hybridized carbons (Fsp3) is 0.0769. The lowest BCUT2D eigenvalue weighted by molar-refractivity contribution is -0.385. The number of nitro groups is 1. The molecule has 2 aromatic carbocycles. The Kier molecular flexibility index (Phi) is 4.38. The van der Waals surface area contributed by atoms with E-state index in [-0.39, 0.29) is 23.6 Å². The highest BCUT2D eigenvalue weighted by molar-refractivity contribution is 7.87. The monoisotopic (exact) mass is 362 g/mol. The number of alkyl halides is 3. The van der Waals surface area contributed by atoms with Crippen LogP contribution >= 0.6 is 0 Å². The highest BCUT2D eigenvalue weighted by Gasteiger charge is 2.35. The number of hydrogen-bond donors (Lipinski definition) is 1. The third-order valence-electron chi connectivity index (χ3n) is 2.84. The molecule has 0 radical (unpaired) electrons. The lowest BCUT2D eigenvalue weighted by Crippen LogP contribution is -2.14. The second kappa shape index (κ2) is 6.00. The summed E-state index contributed by atoms with van der Waals surface area (Å²) in [5, 5.41) is 10.8. The van der Waals surface area contributed by atoms with E-state index in [1.54, 1.807) is 0 Å². The summed E-state index contributed by atoms with van der Waals surface area (Å²) < 4.78 is 67.4. The van der Waals surface area contributed by atoms with Gasteiger partial charge in [0.25, 0.3) is 5.69 Å². The molecule has 0 saturated heterocycles. The number of nitro benzene ring substituents is 1. The molecule has 0 unspecified atom stereocenters. The zero-order chi connectivity index (χ0) is 18.1. The molecule has 0 bridgehead atoms. The zero-order valence-corrected chi connectivity index (χ0v) is 12.5. The van der Waals surface area contributed by atoms with Crippen LogP contribution < -0.4 is 9.92 Å². The van der Waals surface area contributed by atoms with Gasteiger partial charge in [-0.1, -0.05) is 12.1 Å². The molecule has 0 spiro atoms. The standard InChI is InChI=1S/C13H9F3N2O5S/c14-13(15,16)8-5-9(18(19)20)7-10(6-8)24(21,22)23-12-4-2-1-3-11(12)17/h1-7H,17H2. The van der Waals surface area contributed by atoms with E-state index in [4.69, 9.17) is 5.73 Å². The van der Waals surface area contributed by atoms with Crippen LogP contribution in [-0.2, 0) is 16.3 Å². The van der Waals surface area contributed by atoms with Crippen LogP contribution in [0.3, 0.4) is 0 Å². The van der Waals surface area contributed by atoms with Gasteiger partial charge in [0.2, 0.25) is 0 Å². The van der Waals surface area contributed by atoms with Gasteiger partial charge in [-0.15, -0.1) is 0 Å². The van der Waals surface area contributed by atoms with Crippen molar-refractivity contribution in [3.05, 3.63) is 58.1 Å². The Bertz CT molecular complexity index is 897. The van der Waals surface area contributed by atoms with Crippen molar-refractivity contribution in [3.8, 4) is 5.75 Å². The molecule has 2 N–H and O–H groups in total. The lowest BCUT2D eigenvalue weighted by Gasteiger charge is -2.11. The molecule has 128 valence electrons. The van der Waals surface area contributed by atoms with E-state index in [2.05, 4.69) is 4.18 Å². The van der Waals surface area contributed by atoms with Gasteiger partial charge in [-0.25, -0.2) is 0 Å². The second-order valence-electron chi connectivity index (χ2n) is 4.55. The Morgan fingerprint density at radius 3 is 2.29 bits per heavy atom. The number of non-ortho nitro benzene ring substituents is 1. The number of benzene rings is 2. The maximum Gasteiger partial charge on any atom is 0.416 e. The largest absolute Gasteiger partial charge is 0.416 e. The topological polar surface area (TPSA) is 113 Å². The first-order valence-electron chi connectivity index (χ1n) is 6.16. The van der Waals surface area contributed by atoms with Crippen molar-refractivity contribution in [3.63, 3.8) is 0 Å². The summed E-state index contributed by atoms with van der Waals surface area (Å²) in [6.07, 6.45) is -4.97. The van der Waals surface area contributed by atoms with Crippen LogP contribution in [0, 0.1) is 10.1 Å². The van der Waals surface area contributed by atoms with Gasteiger partial charge in [-0.3, -0.25) is 10.1 Å². The molecule has 2 rings (SSSR count).